The van der Waals surface area contributed by atoms with Gasteiger partial charge in [-0.2, -0.15) is 5.26 Å². The van der Waals surface area contributed by atoms with E-state index in [-0.39, 0.29) is 12.1 Å². The first-order valence-corrected chi connectivity index (χ1v) is 5.50. The predicted molar refractivity (Wildman–Crippen MR) is 60.1 cm³/mol. The maximum absolute atomic E-state index is 11.4. The Morgan fingerprint density at radius 1 is 1.59 bits per heavy atom. The molecule has 1 aromatic rings. The third-order valence-corrected chi connectivity index (χ3v) is 2.72. The lowest BCUT2D eigenvalue weighted by Crippen LogP contribution is -2.12. The molecule has 0 aliphatic carbocycles. The molecule has 4 nitrogen and oxygen atoms in total. The van der Waals surface area contributed by atoms with Gasteiger partial charge in [-0.15, -0.1) is 0 Å². The fourth-order valence-electron chi connectivity index (χ4n) is 1.82. The van der Waals surface area contributed by atoms with E-state index >= 15 is 0 Å². The number of epoxide rings is 1. The zero-order valence-corrected chi connectivity index (χ0v) is 9.77. The molecule has 1 aliphatic rings. The van der Waals surface area contributed by atoms with Gasteiger partial charge in [-0.3, -0.25) is 0 Å². The first-order chi connectivity index (χ1) is 8.17. The molecule has 1 heterocycles. The topological polar surface area (TPSA) is 62.6 Å². The molecule has 17 heavy (non-hydrogen) atoms. The monoisotopic (exact) mass is 231 g/mol. The summed E-state index contributed by atoms with van der Waals surface area (Å²) < 4.78 is 10.2. The van der Waals surface area contributed by atoms with Crippen LogP contribution in [-0.2, 0) is 14.3 Å². The molecule has 0 bridgehead atoms. The molecule has 1 aromatic carbocycles. The second-order valence-corrected chi connectivity index (χ2v) is 3.91. The number of hydrogen-bond donors (Lipinski definition) is 0. The van der Waals surface area contributed by atoms with Gasteiger partial charge < -0.3 is 9.47 Å². The van der Waals surface area contributed by atoms with Gasteiger partial charge in [0.2, 0.25) is 0 Å². The van der Waals surface area contributed by atoms with Crippen molar-refractivity contribution in [3.05, 3.63) is 34.9 Å². The fourth-order valence-corrected chi connectivity index (χ4v) is 1.82. The minimum Gasteiger partial charge on any atom is -0.464 e. The van der Waals surface area contributed by atoms with Crippen molar-refractivity contribution < 1.29 is 14.3 Å². The normalized spacial score (nSPS) is 21.7. The van der Waals surface area contributed by atoms with E-state index in [4.69, 9.17) is 14.7 Å². The molecule has 1 saturated heterocycles. The summed E-state index contributed by atoms with van der Waals surface area (Å²) in [5, 5.41) is 8.76. The highest BCUT2D eigenvalue weighted by Crippen LogP contribution is 2.40. The largest absolute Gasteiger partial charge is 0.464 e. The smallest absolute Gasteiger partial charge is 0.338 e. The zero-order chi connectivity index (χ0) is 12.4. The van der Waals surface area contributed by atoms with Crippen molar-refractivity contribution in [2.24, 2.45) is 0 Å². The molecular weight excluding hydrogens is 218 g/mol. The summed E-state index contributed by atoms with van der Waals surface area (Å²) in [5.41, 5.74) is 2.52. The van der Waals surface area contributed by atoms with E-state index in [2.05, 4.69) is 6.07 Å². The number of esters is 1. The maximum atomic E-state index is 11.4. The van der Waals surface area contributed by atoms with Gasteiger partial charge in [0.15, 0.2) is 6.10 Å². The van der Waals surface area contributed by atoms with E-state index in [1.807, 2.05) is 13.0 Å². The highest BCUT2D eigenvalue weighted by atomic mass is 16.6. The molecule has 0 N–H and O–H groups in total. The number of ether oxygens (including phenoxy) is 2. The van der Waals surface area contributed by atoms with E-state index in [1.54, 1.807) is 19.1 Å². The summed E-state index contributed by atoms with van der Waals surface area (Å²) in [7, 11) is 0. The van der Waals surface area contributed by atoms with Gasteiger partial charge in [-0.05, 0) is 37.1 Å². The number of rotatable bonds is 3. The Labute approximate surface area is 99.8 Å². The lowest BCUT2D eigenvalue weighted by atomic mass is 10.0. The summed E-state index contributed by atoms with van der Waals surface area (Å²) in [6.45, 7) is 4.03. The van der Waals surface area contributed by atoms with Crippen LogP contribution in [0.1, 0.15) is 29.7 Å². The van der Waals surface area contributed by atoms with Gasteiger partial charge in [0.25, 0.3) is 0 Å². The van der Waals surface area contributed by atoms with Crippen molar-refractivity contribution in [1.82, 2.24) is 0 Å². The Hall–Kier alpha value is -1.86. The SMILES string of the molecule is CCOC(=O)C1OC1c1ccc(C#N)cc1C. The van der Waals surface area contributed by atoms with Crippen LogP contribution in [0.25, 0.3) is 0 Å². The highest BCUT2D eigenvalue weighted by molar-refractivity contribution is 5.78. The van der Waals surface area contributed by atoms with E-state index in [0.29, 0.717) is 12.2 Å². The van der Waals surface area contributed by atoms with Gasteiger partial charge in [-0.1, -0.05) is 6.07 Å². The van der Waals surface area contributed by atoms with Gasteiger partial charge in [0, 0.05) is 0 Å². The van der Waals surface area contributed by atoms with Crippen LogP contribution in [0.15, 0.2) is 18.2 Å². The molecule has 0 saturated carbocycles. The Morgan fingerprint density at radius 3 is 2.94 bits per heavy atom. The molecule has 2 atom stereocenters. The number of aryl methyl sites for hydroxylation is 1. The molecule has 1 fully saturated rings. The summed E-state index contributed by atoms with van der Waals surface area (Å²) in [4.78, 5) is 11.4. The summed E-state index contributed by atoms with van der Waals surface area (Å²) >= 11 is 0. The number of nitrogens with zero attached hydrogens (tertiary/aromatic N) is 1. The Bertz CT molecular complexity index is 490. The molecule has 88 valence electrons. The second kappa shape index (κ2) is 4.56. The Balaban J connectivity index is 2.11. The molecule has 0 amide bonds. The van der Waals surface area contributed by atoms with Gasteiger partial charge in [-0.25, -0.2) is 4.79 Å². The van der Waals surface area contributed by atoms with Crippen molar-refractivity contribution in [1.29, 1.82) is 5.26 Å². The van der Waals surface area contributed by atoms with Crippen LogP contribution in [0.5, 0.6) is 0 Å². The van der Waals surface area contributed by atoms with Crippen LogP contribution in [0.3, 0.4) is 0 Å². The van der Waals surface area contributed by atoms with Crippen LogP contribution in [-0.4, -0.2) is 18.7 Å². The lowest BCUT2D eigenvalue weighted by molar-refractivity contribution is -0.144. The van der Waals surface area contributed by atoms with E-state index < -0.39 is 6.10 Å². The Morgan fingerprint density at radius 2 is 2.35 bits per heavy atom. The van der Waals surface area contributed by atoms with Crippen LogP contribution < -0.4 is 0 Å². The number of benzene rings is 1. The maximum Gasteiger partial charge on any atom is 0.338 e. The van der Waals surface area contributed by atoms with Crippen molar-refractivity contribution in [3.63, 3.8) is 0 Å². The number of hydrogen-bond acceptors (Lipinski definition) is 4. The minimum atomic E-state index is -0.485. The zero-order valence-electron chi connectivity index (χ0n) is 9.77. The van der Waals surface area contributed by atoms with Crippen LogP contribution >= 0.6 is 0 Å². The molecule has 0 radical (unpaired) electrons. The average molecular weight is 231 g/mol. The third kappa shape index (κ3) is 2.29. The summed E-state index contributed by atoms with van der Waals surface area (Å²) in [6.07, 6.45) is -0.705. The molecule has 1 aliphatic heterocycles. The Kier molecular flexibility index (Phi) is 3.12. The molecule has 2 rings (SSSR count). The van der Waals surface area contributed by atoms with Crippen molar-refractivity contribution in [2.45, 2.75) is 26.1 Å². The lowest BCUT2D eigenvalue weighted by Gasteiger charge is -2.02. The predicted octanol–water partition coefficient (Wildman–Crippen LogP) is 1.87. The van der Waals surface area contributed by atoms with E-state index in [9.17, 15) is 4.79 Å². The van der Waals surface area contributed by atoms with Crippen LogP contribution in [0, 0.1) is 18.3 Å². The highest BCUT2D eigenvalue weighted by Gasteiger charge is 2.47. The third-order valence-electron chi connectivity index (χ3n) is 2.72. The summed E-state index contributed by atoms with van der Waals surface area (Å²) in [5.74, 6) is -0.318. The second-order valence-electron chi connectivity index (χ2n) is 3.91. The molecule has 2 unspecified atom stereocenters. The van der Waals surface area contributed by atoms with Gasteiger partial charge in [0.1, 0.15) is 6.10 Å². The van der Waals surface area contributed by atoms with E-state index in [0.717, 1.165) is 11.1 Å². The first-order valence-electron chi connectivity index (χ1n) is 5.50. The number of carbonyl (C=O) groups excluding carboxylic acids is 1. The minimum absolute atomic E-state index is 0.221. The molecular formula is C13H13NO3. The molecule has 0 spiro atoms. The quantitative estimate of drug-likeness (QED) is 0.588. The number of carbonyl (C=O) groups is 1. The standard InChI is InChI=1S/C13H13NO3/c1-3-16-13(15)12-11(17-12)10-5-4-9(7-14)6-8(10)2/h4-6,11-12H,3H2,1-2H3. The van der Waals surface area contributed by atoms with Crippen molar-refractivity contribution >= 4 is 5.97 Å². The molecule has 4 heteroatoms. The summed E-state index contributed by atoms with van der Waals surface area (Å²) in [6, 6.07) is 7.43. The van der Waals surface area contributed by atoms with E-state index in [1.165, 1.54) is 0 Å². The van der Waals surface area contributed by atoms with Crippen molar-refractivity contribution in [2.75, 3.05) is 6.61 Å². The average Bonchev–Trinajstić information content (AvgIpc) is 3.09. The first kappa shape index (κ1) is 11.6. The molecule has 0 aromatic heterocycles. The number of nitriles is 1. The van der Waals surface area contributed by atoms with Gasteiger partial charge >= 0.3 is 5.97 Å². The van der Waals surface area contributed by atoms with Crippen molar-refractivity contribution in [3.8, 4) is 6.07 Å². The van der Waals surface area contributed by atoms with Gasteiger partial charge in [0.05, 0.1) is 18.2 Å². The van der Waals surface area contributed by atoms with Crippen LogP contribution in [0.4, 0.5) is 0 Å². The van der Waals surface area contributed by atoms with Crippen LogP contribution in [0.2, 0.25) is 0 Å². The fraction of sp³-hybridized carbons (Fsp3) is 0.385.